The molecule has 3 aromatic carbocycles. The Morgan fingerprint density at radius 3 is 2.10 bits per heavy atom. The Hall–Kier alpha value is -3.96. The summed E-state index contributed by atoms with van der Waals surface area (Å²) >= 11 is 0. The minimum absolute atomic E-state index is 0. The number of ether oxygens (including phenoxy) is 2. The molecule has 4 rings (SSSR count). The zero-order valence-corrected chi connectivity index (χ0v) is 24.0. The minimum atomic E-state index is -4.80. The van der Waals surface area contributed by atoms with Crippen LogP contribution in [0.4, 0.5) is 24.5 Å². The van der Waals surface area contributed by atoms with Gasteiger partial charge in [0.2, 0.25) is 0 Å². The predicted molar refractivity (Wildman–Crippen MR) is 158 cm³/mol. The molecule has 1 aliphatic rings. The average molecular weight is 607 g/mol. The molecular formula is C30H34ClF3N4O4. The summed E-state index contributed by atoms with van der Waals surface area (Å²) in [6, 6.07) is 19.1. The lowest BCUT2D eigenvalue weighted by molar-refractivity contribution is -0.274. The second-order valence-electron chi connectivity index (χ2n) is 9.57. The van der Waals surface area contributed by atoms with E-state index in [9.17, 15) is 22.8 Å². The van der Waals surface area contributed by atoms with Crippen molar-refractivity contribution in [3.63, 3.8) is 0 Å². The van der Waals surface area contributed by atoms with Gasteiger partial charge in [-0.15, -0.1) is 25.6 Å². The largest absolute Gasteiger partial charge is 0.573 e. The van der Waals surface area contributed by atoms with Crippen LogP contribution in [0.5, 0.6) is 11.5 Å². The summed E-state index contributed by atoms with van der Waals surface area (Å²) in [6.45, 7) is 5.37. The van der Waals surface area contributed by atoms with Gasteiger partial charge in [0.1, 0.15) is 11.5 Å². The number of hydrogen-bond acceptors (Lipinski definition) is 6. The van der Waals surface area contributed by atoms with Gasteiger partial charge >= 0.3 is 6.36 Å². The third-order valence-corrected chi connectivity index (χ3v) is 6.74. The molecule has 2 N–H and O–H groups in total. The fourth-order valence-electron chi connectivity index (χ4n) is 4.58. The van der Waals surface area contributed by atoms with Gasteiger partial charge in [0.25, 0.3) is 11.8 Å². The van der Waals surface area contributed by atoms with Crippen LogP contribution in [0.3, 0.4) is 0 Å². The fourth-order valence-corrected chi connectivity index (χ4v) is 4.58. The Balaban J connectivity index is 0.00000484. The molecule has 8 nitrogen and oxygen atoms in total. The van der Waals surface area contributed by atoms with E-state index >= 15 is 0 Å². The molecule has 1 saturated heterocycles. The lowest BCUT2D eigenvalue weighted by Gasteiger charge is -2.36. The van der Waals surface area contributed by atoms with Crippen molar-refractivity contribution in [1.29, 1.82) is 0 Å². The number of benzene rings is 3. The maximum absolute atomic E-state index is 12.5. The fraction of sp³-hybridized carbons (Fsp3) is 0.333. The second kappa shape index (κ2) is 15.3. The van der Waals surface area contributed by atoms with Gasteiger partial charge in [0, 0.05) is 49.5 Å². The molecule has 0 unspecified atom stereocenters. The van der Waals surface area contributed by atoms with Crippen molar-refractivity contribution >= 4 is 35.6 Å². The number of hydrogen-bond donors (Lipinski definition) is 2. The Kier molecular flexibility index (Phi) is 11.9. The smallest absolute Gasteiger partial charge is 0.495 e. The van der Waals surface area contributed by atoms with E-state index in [4.69, 9.17) is 4.74 Å². The average Bonchev–Trinajstić information content (AvgIpc) is 2.97. The first-order valence-corrected chi connectivity index (χ1v) is 13.4. The maximum atomic E-state index is 12.5. The Bertz CT molecular complexity index is 1300. The van der Waals surface area contributed by atoms with Gasteiger partial charge in [0.15, 0.2) is 0 Å². The number of piperazine rings is 1. The third kappa shape index (κ3) is 9.56. The topological polar surface area (TPSA) is 83.1 Å². The third-order valence-electron chi connectivity index (χ3n) is 6.74. The number of carbonyl (C=O) groups excluding carboxylic acids is 2. The van der Waals surface area contributed by atoms with E-state index in [-0.39, 0.29) is 23.9 Å². The van der Waals surface area contributed by atoms with E-state index < -0.39 is 18.0 Å². The van der Waals surface area contributed by atoms with Gasteiger partial charge < -0.3 is 25.0 Å². The molecule has 0 atom stereocenters. The highest BCUT2D eigenvalue weighted by Gasteiger charge is 2.31. The number of anilines is 2. The summed E-state index contributed by atoms with van der Waals surface area (Å²) in [5, 5.41) is 5.58. The number of nitrogens with zero attached hydrogens (tertiary/aromatic N) is 2. The molecule has 0 aromatic heterocycles. The van der Waals surface area contributed by atoms with Crippen LogP contribution in [0.25, 0.3) is 0 Å². The molecule has 0 bridgehead atoms. The van der Waals surface area contributed by atoms with E-state index in [1.165, 1.54) is 12.1 Å². The van der Waals surface area contributed by atoms with Crippen LogP contribution in [0.2, 0.25) is 0 Å². The molecule has 2 amide bonds. The van der Waals surface area contributed by atoms with Crippen LogP contribution < -0.4 is 25.0 Å². The summed E-state index contributed by atoms with van der Waals surface area (Å²) < 4.78 is 46.2. The number of rotatable bonds is 11. The molecule has 0 saturated carbocycles. The lowest BCUT2D eigenvalue weighted by atomic mass is 10.1. The van der Waals surface area contributed by atoms with Gasteiger partial charge in [-0.05, 0) is 80.1 Å². The minimum Gasteiger partial charge on any atom is -0.495 e. The van der Waals surface area contributed by atoms with Crippen molar-refractivity contribution in [2.75, 3.05) is 56.6 Å². The number of alkyl halides is 3. The summed E-state index contributed by atoms with van der Waals surface area (Å²) in [7, 11) is 1.69. The van der Waals surface area contributed by atoms with Crippen molar-refractivity contribution in [2.24, 2.45) is 0 Å². The Morgan fingerprint density at radius 1 is 0.833 bits per heavy atom. The van der Waals surface area contributed by atoms with Crippen LogP contribution in [0.15, 0.2) is 72.8 Å². The Morgan fingerprint density at radius 2 is 1.45 bits per heavy atom. The molecule has 3 aromatic rings. The van der Waals surface area contributed by atoms with E-state index in [1.54, 1.807) is 31.4 Å². The quantitative estimate of drug-likeness (QED) is 0.277. The highest BCUT2D eigenvalue weighted by Crippen LogP contribution is 2.28. The van der Waals surface area contributed by atoms with Gasteiger partial charge in [-0.25, -0.2) is 0 Å². The first-order chi connectivity index (χ1) is 19.7. The lowest BCUT2D eigenvalue weighted by Crippen LogP contribution is -2.46. The number of amides is 2. The molecule has 1 aliphatic heterocycles. The highest BCUT2D eigenvalue weighted by molar-refractivity contribution is 6.04. The van der Waals surface area contributed by atoms with Gasteiger partial charge in [-0.1, -0.05) is 12.1 Å². The summed E-state index contributed by atoms with van der Waals surface area (Å²) in [5.74, 6) is -0.216. The molecule has 226 valence electrons. The SMILES string of the molecule is COc1ccccc1N1CCN(CCCCNC(=O)c2ccc(NC(=O)c3ccc(OC(F)(F)F)cc3)cc2)CC1.Cl. The van der Waals surface area contributed by atoms with Crippen LogP contribution >= 0.6 is 12.4 Å². The van der Waals surface area contributed by atoms with Crippen LogP contribution in [-0.2, 0) is 0 Å². The number of carbonyl (C=O) groups is 2. The van der Waals surface area contributed by atoms with Crippen LogP contribution in [0, 0.1) is 0 Å². The molecule has 1 heterocycles. The zero-order valence-electron chi connectivity index (χ0n) is 23.2. The molecule has 1 fully saturated rings. The molecule has 0 radical (unpaired) electrons. The normalized spacial score (nSPS) is 13.6. The van der Waals surface area contributed by atoms with Gasteiger partial charge in [-0.3, -0.25) is 14.5 Å². The summed E-state index contributed by atoms with van der Waals surface area (Å²) in [5.41, 5.74) is 2.21. The number of unbranched alkanes of at least 4 members (excludes halogenated alkanes) is 1. The van der Waals surface area contributed by atoms with E-state index in [2.05, 4.69) is 31.2 Å². The van der Waals surface area contributed by atoms with Gasteiger partial charge in [-0.2, -0.15) is 0 Å². The molecule has 0 aliphatic carbocycles. The number of methoxy groups -OCH3 is 1. The zero-order chi connectivity index (χ0) is 29.2. The summed E-state index contributed by atoms with van der Waals surface area (Å²) in [4.78, 5) is 29.7. The monoisotopic (exact) mass is 606 g/mol. The second-order valence-corrected chi connectivity index (χ2v) is 9.57. The predicted octanol–water partition coefficient (Wildman–Crippen LogP) is 5.60. The number of halogens is 4. The van der Waals surface area contributed by atoms with Crippen molar-refractivity contribution in [3.8, 4) is 11.5 Å². The van der Waals surface area contributed by atoms with E-state index in [0.29, 0.717) is 17.8 Å². The standard InChI is InChI=1S/C30H33F3N4O4.ClH/c1-40-27-7-3-2-6-26(27)37-20-18-36(19-21-37)17-5-4-16-34-28(38)22-8-12-24(13-9-22)35-29(39)23-10-14-25(15-11-23)41-30(31,32)33;/h2-3,6-15H,4-5,16-21H2,1H3,(H,34,38)(H,35,39);1H. The maximum Gasteiger partial charge on any atom is 0.573 e. The number of nitrogens with one attached hydrogen (secondary N) is 2. The van der Waals surface area contributed by atoms with Crippen LogP contribution in [0.1, 0.15) is 33.6 Å². The number of para-hydroxylation sites is 2. The molecule has 12 heteroatoms. The Labute approximate surface area is 249 Å². The first-order valence-electron chi connectivity index (χ1n) is 13.4. The van der Waals surface area contributed by atoms with Crippen molar-refractivity contribution < 1.29 is 32.2 Å². The molecule has 0 spiro atoms. The van der Waals surface area contributed by atoms with Crippen molar-refractivity contribution in [3.05, 3.63) is 83.9 Å². The van der Waals surface area contributed by atoms with E-state index in [0.717, 1.165) is 69.1 Å². The highest BCUT2D eigenvalue weighted by atomic mass is 35.5. The van der Waals surface area contributed by atoms with Crippen molar-refractivity contribution in [1.82, 2.24) is 10.2 Å². The van der Waals surface area contributed by atoms with E-state index in [1.807, 2.05) is 18.2 Å². The molecular weight excluding hydrogens is 573 g/mol. The molecule has 42 heavy (non-hydrogen) atoms. The summed E-state index contributed by atoms with van der Waals surface area (Å²) in [6.07, 6.45) is -2.96. The van der Waals surface area contributed by atoms with Gasteiger partial charge in [0.05, 0.1) is 12.8 Å². The van der Waals surface area contributed by atoms with Crippen LogP contribution in [-0.4, -0.2) is 69.5 Å². The first kappa shape index (κ1) is 32.6. The van der Waals surface area contributed by atoms with Crippen molar-refractivity contribution in [2.45, 2.75) is 19.2 Å².